The van der Waals surface area contributed by atoms with E-state index >= 15 is 0 Å². The number of oxime groups is 1. The van der Waals surface area contributed by atoms with Gasteiger partial charge in [-0.25, -0.2) is 8.78 Å². The molecule has 0 saturated heterocycles. The number of benzene rings is 1. The molecular weight excluding hydrogens is 256 g/mol. The van der Waals surface area contributed by atoms with E-state index in [-0.39, 0.29) is 17.9 Å². The van der Waals surface area contributed by atoms with Crippen LogP contribution in [0.25, 0.3) is 0 Å². The molecular formula is C12H15F2N3O2. The van der Waals surface area contributed by atoms with Crippen LogP contribution >= 0.6 is 0 Å². The lowest BCUT2D eigenvalue weighted by Crippen LogP contribution is -2.39. The van der Waals surface area contributed by atoms with E-state index in [1.165, 1.54) is 11.0 Å². The molecule has 1 aromatic rings. The lowest BCUT2D eigenvalue weighted by atomic mass is 10.2. The Labute approximate surface area is 109 Å². The Morgan fingerprint density at radius 2 is 2.11 bits per heavy atom. The van der Waals surface area contributed by atoms with Crippen molar-refractivity contribution in [3.63, 3.8) is 0 Å². The molecule has 5 nitrogen and oxygen atoms in total. The van der Waals surface area contributed by atoms with Gasteiger partial charge >= 0.3 is 0 Å². The molecule has 0 spiro atoms. The zero-order chi connectivity index (χ0) is 14.4. The third-order valence-electron chi connectivity index (χ3n) is 2.43. The molecule has 0 aromatic heterocycles. The van der Waals surface area contributed by atoms with Crippen molar-refractivity contribution >= 4 is 11.7 Å². The standard InChI is InChI=1S/C12H15F2N3O2/c1-2-5-17(7-11(15)16-19)12(18)8-3-4-9(13)10(14)6-8/h3-4,6,19H,2,5,7H2,1H3,(H2,15,16). The van der Waals surface area contributed by atoms with Crippen LogP contribution in [0.1, 0.15) is 23.7 Å². The molecule has 7 heteroatoms. The Bertz CT molecular complexity index is 492. The Balaban J connectivity index is 2.95. The molecule has 0 bridgehead atoms. The Morgan fingerprint density at radius 3 is 2.63 bits per heavy atom. The maximum absolute atomic E-state index is 13.1. The average molecular weight is 271 g/mol. The van der Waals surface area contributed by atoms with Gasteiger partial charge in [-0.2, -0.15) is 0 Å². The summed E-state index contributed by atoms with van der Waals surface area (Å²) in [5.74, 6) is -2.75. The molecule has 3 N–H and O–H groups in total. The molecule has 1 aromatic carbocycles. The topological polar surface area (TPSA) is 78.9 Å². The molecule has 1 rings (SSSR count). The Morgan fingerprint density at radius 1 is 1.42 bits per heavy atom. The van der Waals surface area contributed by atoms with Crippen molar-refractivity contribution in [2.75, 3.05) is 13.1 Å². The Hall–Kier alpha value is -2.18. The van der Waals surface area contributed by atoms with Crippen LogP contribution < -0.4 is 5.73 Å². The van der Waals surface area contributed by atoms with Gasteiger partial charge in [0.25, 0.3) is 5.91 Å². The number of hydrogen-bond donors (Lipinski definition) is 2. The van der Waals surface area contributed by atoms with Gasteiger partial charge in [-0.3, -0.25) is 4.79 Å². The fourth-order valence-electron chi connectivity index (χ4n) is 1.56. The number of nitrogens with zero attached hydrogens (tertiary/aromatic N) is 2. The number of carbonyl (C=O) groups excluding carboxylic acids is 1. The summed E-state index contributed by atoms with van der Waals surface area (Å²) in [4.78, 5) is 13.4. The number of rotatable bonds is 5. The monoisotopic (exact) mass is 271 g/mol. The van der Waals surface area contributed by atoms with Crippen LogP contribution in [0.5, 0.6) is 0 Å². The minimum Gasteiger partial charge on any atom is -0.409 e. The molecule has 0 aliphatic carbocycles. The van der Waals surface area contributed by atoms with Gasteiger partial charge in [0.05, 0.1) is 6.54 Å². The second kappa shape index (κ2) is 6.67. The smallest absolute Gasteiger partial charge is 0.254 e. The molecule has 0 atom stereocenters. The van der Waals surface area contributed by atoms with Crippen LogP contribution in [0.2, 0.25) is 0 Å². The first-order chi connectivity index (χ1) is 8.99. The van der Waals surface area contributed by atoms with Gasteiger partial charge in [-0.15, -0.1) is 0 Å². The van der Waals surface area contributed by atoms with Gasteiger partial charge in [-0.1, -0.05) is 12.1 Å². The van der Waals surface area contributed by atoms with E-state index < -0.39 is 17.5 Å². The third-order valence-corrected chi connectivity index (χ3v) is 2.43. The highest BCUT2D eigenvalue weighted by Gasteiger charge is 2.17. The minimum atomic E-state index is -1.09. The molecule has 0 saturated carbocycles. The van der Waals surface area contributed by atoms with E-state index in [9.17, 15) is 13.6 Å². The summed E-state index contributed by atoms with van der Waals surface area (Å²) in [6.45, 7) is 2.12. The van der Waals surface area contributed by atoms with Crippen molar-refractivity contribution < 1.29 is 18.8 Å². The van der Waals surface area contributed by atoms with Gasteiger partial charge in [0, 0.05) is 12.1 Å². The SMILES string of the molecule is CCCN(CC(N)=NO)C(=O)c1ccc(F)c(F)c1. The second-order valence-corrected chi connectivity index (χ2v) is 3.95. The fourth-order valence-corrected chi connectivity index (χ4v) is 1.56. The molecule has 19 heavy (non-hydrogen) atoms. The first-order valence-electron chi connectivity index (χ1n) is 5.70. The summed E-state index contributed by atoms with van der Waals surface area (Å²) in [5.41, 5.74) is 5.36. The summed E-state index contributed by atoms with van der Waals surface area (Å²) in [7, 11) is 0. The van der Waals surface area contributed by atoms with Crippen LogP contribution in [0.15, 0.2) is 23.4 Å². The number of nitrogens with two attached hydrogens (primary N) is 1. The third kappa shape index (κ3) is 3.90. The van der Waals surface area contributed by atoms with Crippen molar-refractivity contribution in [3.8, 4) is 0 Å². The van der Waals surface area contributed by atoms with E-state index in [4.69, 9.17) is 10.9 Å². The van der Waals surface area contributed by atoms with E-state index in [0.717, 1.165) is 12.1 Å². The van der Waals surface area contributed by atoms with Crippen LogP contribution in [-0.2, 0) is 0 Å². The maximum atomic E-state index is 13.1. The predicted octanol–water partition coefficient (Wildman–Crippen LogP) is 1.56. The first kappa shape index (κ1) is 14.9. The molecule has 1 amide bonds. The lowest BCUT2D eigenvalue weighted by molar-refractivity contribution is 0.0777. The van der Waals surface area contributed by atoms with E-state index in [2.05, 4.69) is 5.16 Å². The number of amides is 1. The number of hydrogen-bond acceptors (Lipinski definition) is 3. The zero-order valence-electron chi connectivity index (χ0n) is 10.4. The number of halogens is 2. The van der Waals surface area contributed by atoms with Gasteiger partial charge in [-0.05, 0) is 24.6 Å². The van der Waals surface area contributed by atoms with Gasteiger partial charge < -0.3 is 15.8 Å². The molecule has 0 unspecified atom stereocenters. The molecule has 0 fully saturated rings. The van der Waals surface area contributed by atoms with Crippen LogP contribution in [0.3, 0.4) is 0 Å². The van der Waals surface area contributed by atoms with Crippen molar-refractivity contribution in [1.82, 2.24) is 4.90 Å². The van der Waals surface area contributed by atoms with Crippen molar-refractivity contribution in [2.24, 2.45) is 10.9 Å². The highest BCUT2D eigenvalue weighted by atomic mass is 19.2. The van der Waals surface area contributed by atoms with Gasteiger partial charge in [0.15, 0.2) is 17.5 Å². The lowest BCUT2D eigenvalue weighted by Gasteiger charge is -2.21. The first-order valence-corrected chi connectivity index (χ1v) is 5.70. The average Bonchev–Trinajstić information content (AvgIpc) is 2.40. The fraction of sp³-hybridized carbons (Fsp3) is 0.333. The highest BCUT2D eigenvalue weighted by molar-refractivity contribution is 5.97. The molecule has 104 valence electrons. The van der Waals surface area contributed by atoms with E-state index in [0.29, 0.717) is 13.0 Å². The van der Waals surface area contributed by atoms with Crippen LogP contribution in [-0.4, -0.2) is 34.9 Å². The summed E-state index contributed by atoms with van der Waals surface area (Å²) < 4.78 is 25.9. The van der Waals surface area contributed by atoms with Crippen LogP contribution in [0, 0.1) is 11.6 Å². The number of amidine groups is 1. The molecule has 0 radical (unpaired) electrons. The highest BCUT2D eigenvalue weighted by Crippen LogP contribution is 2.11. The molecule has 0 heterocycles. The minimum absolute atomic E-state index is 0.0121. The number of carbonyl (C=O) groups is 1. The predicted molar refractivity (Wildman–Crippen MR) is 66.0 cm³/mol. The van der Waals surface area contributed by atoms with Crippen molar-refractivity contribution in [3.05, 3.63) is 35.4 Å². The van der Waals surface area contributed by atoms with Crippen molar-refractivity contribution in [1.29, 1.82) is 0 Å². The summed E-state index contributed by atoms with van der Waals surface area (Å²) in [5, 5.41) is 11.3. The van der Waals surface area contributed by atoms with Crippen molar-refractivity contribution in [2.45, 2.75) is 13.3 Å². The van der Waals surface area contributed by atoms with E-state index in [1.54, 1.807) is 0 Å². The summed E-state index contributed by atoms with van der Waals surface area (Å²) in [6.07, 6.45) is 0.647. The second-order valence-electron chi connectivity index (χ2n) is 3.95. The molecule has 0 aliphatic rings. The normalized spacial score (nSPS) is 11.4. The summed E-state index contributed by atoms with van der Waals surface area (Å²) in [6, 6.07) is 2.90. The van der Waals surface area contributed by atoms with E-state index in [1.807, 2.05) is 6.92 Å². The largest absolute Gasteiger partial charge is 0.409 e. The quantitative estimate of drug-likeness (QED) is 0.369. The maximum Gasteiger partial charge on any atom is 0.254 e. The van der Waals surface area contributed by atoms with Gasteiger partial charge in [0.1, 0.15) is 0 Å². The zero-order valence-corrected chi connectivity index (χ0v) is 10.4. The molecule has 0 aliphatic heterocycles. The van der Waals surface area contributed by atoms with Gasteiger partial charge in [0.2, 0.25) is 0 Å². The summed E-state index contributed by atoms with van der Waals surface area (Å²) >= 11 is 0. The Kier molecular flexibility index (Phi) is 5.23. The van der Waals surface area contributed by atoms with Crippen LogP contribution in [0.4, 0.5) is 8.78 Å².